The van der Waals surface area contributed by atoms with Crippen LogP contribution in [-0.4, -0.2) is 45.7 Å². The first-order valence-electron chi connectivity index (χ1n) is 9.32. The summed E-state index contributed by atoms with van der Waals surface area (Å²) in [6, 6.07) is 2.48. The van der Waals surface area contributed by atoms with E-state index < -0.39 is 40.3 Å². The van der Waals surface area contributed by atoms with Crippen molar-refractivity contribution >= 4 is 17.6 Å². The second kappa shape index (κ2) is 6.96. The Morgan fingerprint density at radius 2 is 1.83 bits per heavy atom. The van der Waals surface area contributed by atoms with E-state index in [1.807, 2.05) is 5.32 Å². The molecule has 6 nitrogen and oxygen atoms in total. The van der Waals surface area contributed by atoms with Crippen molar-refractivity contribution in [3.05, 3.63) is 41.4 Å². The largest absolute Gasteiger partial charge is 0.425 e. The van der Waals surface area contributed by atoms with E-state index in [9.17, 15) is 27.6 Å². The van der Waals surface area contributed by atoms with Crippen LogP contribution < -0.4 is 5.32 Å². The number of aromatic nitrogens is 1. The van der Waals surface area contributed by atoms with Gasteiger partial charge in [-0.1, -0.05) is 20.8 Å². The third-order valence-corrected chi connectivity index (χ3v) is 5.24. The first-order chi connectivity index (χ1) is 13.4. The average Bonchev–Trinajstić information content (AvgIpc) is 2.84. The molecule has 0 saturated heterocycles. The van der Waals surface area contributed by atoms with Crippen molar-refractivity contribution in [1.82, 2.24) is 15.2 Å². The van der Waals surface area contributed by atoms with E-state index in [0.29, 0.717) is 6.42 Å². The van der Waals surface area contributed by atoms with Crippen molar-refractivity contribution in [3.63, 3.8) is 0 Å². The number of amides is 2. The Kier molecular flexibility index (Phi) is 5.04. The molecule has 1 aromatic rings. The van der Waals surface area contributed by atoms with E-state index in [1.54, 1.807) is 20.8 Å². The second-order valence-electron chi connectivity index (χ2n) is 8.16. The summed E-state index contributed by atoms with van der Waals surface area (Å²) >= 11 is 0. The lowest BCUT2D eigenvalue weighted by molar-refractivity contribution is -0.190. The second-order valence-corrected chi connectivity index (χ2v) is 8.16. The summed E-state index contributed by atoms with van der Waals surface area (Å²) < 4.78 is 43.3. The molecule has 1 aliphatic heterocycles. The highest BCUT2D eigenvalue weighted by molar-refractivity contribution is 6.14. The van der Waals surface area contributed by atoms with Gasteiger partial charge in [-0.25, -0.2) is 0 Å². The van der Waals surface area contributed by atoms with Gasteiger partial charge in [-0.2, -0.15) is 13.2 Å². The predicted molar refractivity (Wildman–Crippen MR) is 97.5 cm³/mol. The van der Waals surface area contributed by atoms with Gasteiger partial charge in [0.1, 0.15) is 0 Å². The average molecular weight is 409 g/mol. The maximum atomic E-state index is 14.4. The van der Waals surface area contributed by atoms with Gasteiger partial charge in [0.25, 0.3) is 11.8 Å². The summed E-state index contributed by atoms with van der Waals surface area (Å²) in [5, 5.41) is 1.88. The van der Waals surface area contributed by atoms with Crippen LogP contribution in [0.15, 0.2) is 35.8 Å². The molecule has 2 heterocycles. The minimum absolute atomic E-state index is 0.0317. The fourth-order valence-electron chi connectivity index (χ4n) is 4.03. The van der Waals surface area contributed by atoms with Gasteiger partial charge in [0.05, 0.1) is 5.57 Å². The summed E-state index contributed by atoms with van der Waals surface area (Å²) in [6.45, 7) is 5.30. The molecular formula is C20H22F3N3O3. The number of Topliss-reactive ketones (excluding diaryl/α,β-unsaturated/α-hetero) is 1. The Balaban J connectivity index is 2.19. The van der Waals surface area contributed by atoms with E-state index in [1.165, 1.54) is 24.5 Å². The van der Waals surface area contributed by atoms with E-state index in [0.717, 1.165) is 4.90 Å². The Morgan fingerprint density at radius 1 is 1.21 bits per heavy atom. The zero-order valence-corrected chi connectivity index (χ0v) is 16.4. The molecular weight excluding hydrogens is 387 g/mol. The number of hydrogen-bond acceptors (Lipinski definition) is 4. The zero-order valence-electron chi connectivity index (χ0n) is 16.4. The molecule has 9 heteroatoms. The van der Waals surface area contributed by atoms with Gasteiger partial charge in [0.15, 0.2) is 5.78 Å². The van der Waals surface area contributed by atoms with Gasteiger partial charge >= 0.3 is 6.18 Å². The number of pyridine rings is 1. The molecule has 0 unspecified atom stereocenters. The van der Waals surface area contributed by atoms with Crippen molar-refractivity contribution < 1.29 is 27.6 Å². The highest BCUT2D eigenvalue weighted by atomic mass is 19.4. The SMILES string of the molecule is CCCN1C(=O)[C@](NC(=O)c2ccncc2)(C(F)(F)F)C2=C1CC(C)(C)CC2=O. The summed E-state index contributed by atoms with van der Waals surface area (Å²) in [5.41, 5.74) is -4.64. The quantitative estimate of drug-likeness (QED) is 0.829. The minimum Gasteiger partial charge on any atom is -0.326 e. The molecule has 1 atom stereocenters. The molecule has 156 valence electrons. The number of hydrogen-bond donors (Lipinski definition) is 1. The van der Waals surface area contributed by atoms with Crippen molar-refractivity contribution in [2.75, 3.05) is 6.54 Å². The number of nitrogens with zero attached hydrogens (tertiary/aromatic N) is 2. The van der Waals surface area contributed by atoms with E-state index in [2.05, 4.69) is 4.98 Å². The fraction of sp³-hybridized carbons (Fsp3) is 0.500. The van der Waals surface area contributed by atoms with E-state index >= 15 is 0 Å². The summed E-state index contributed by atoms with van der Waals surface area (Å²) in [6.07, 6.45) is -2.26. The lowest BCUT2D eigenvalue weighted by atomic mass is 9.72. The predicted octanol–water partition coefficient (Wildman–Crippen LogP) is 3.01. The summed E-state index contributed by atoms with van der Waals surface area (Å²) in [4.78, 5) is 43.4. The Morgan fingerprint density at radius 3 is 2.38 bits per heavy atom. The number of halogens is 3. The third-order valence-electron chi connectivity index (χ3n) is 5.24. The molecule has 0 aromatic carbocycles. The number of nitrogens with one attached hydrogen (secondary N) is 1. The van der Waals surface area contributed by atoms with Crippen LogP contribution >= 0.6 is 0 Å². The summed E-state index contributed by atoms with van der Waals surface area (Å²) in [5.74, 6) is -3.19. The number of carbonyl (C=O) groups is 3. The molecule has 0 bridgehead atoms. The van der Waals surface area contributed by atoms with Crippen molar-refractivity contribution in [1.29, 1.82) is 0 Å². The van der Waals surface area contributed by atoms with Gasteiger partial charge in [-0.15, -0.1) is 0 Å². The van der Waals surface area contributed by atoms with Gasteiger partial charge in [0.2, 0.25) is 5.54 Å². The van der Waals surface area contributed by atoms with Crippen LogP contribution in [0.2, 0.25) is 0 Å². The standard InChI is InChI=1S/C20H22F3N3O3/c1-4-9-26-13-10-18(2,3)11-14(27)15(13)19(17(26)29,20(21,22)23)25-16(28)12-5-7-24-8-6-12/h5-8H,4,9-11H2,1-3H3,(H,25,28)/t19-/m0/s1. The lowest BCUT2D eigenvalue weighted by Gasteiger charge is -2.35. The molecule has 0 fully saturated rings. The van der Waals surface area contributed by atoms with E-state index in [4.69, 9.17) is 0 Å². The number of carbonyl (C=O) groups excluding carboxylic acids is 3. The fourth-order valence-corrected chi connectivity index (χ4v) is 4.03. The number of alkyl halides is 3. The van der Waals surface area contributed by atoms with Crippen molar-refractivity contribution in [3.8, 4) is 0 Å². The van der Waals surface area contributed by atoms with Gasteiger partial charge in [-0.05, 0) is 30.4 Å². The Labute approximate surface area is 166 Å². The molecule has 0 spiro atoms. The molecule has 0 radical (unpaired) electrons. The maximum Gasteiger partial charge on any atom is 0.425 e. The van der Waals surface area contributed by atoms with Crippen LogP contribution in [0.25, 0.3) is 0 Å². The van der Waals surface area contributed by atoms with Crippen LogP contribution in [0.4, 0.5) is 13.2 Å². The molecule has 29 heavy (non-hydrogen) atoms. The zero-order chi connectivity index (χ0) is 21.6. The first-order valence-corrected chi connectivity index (χ1v) is 9.32. The van der Waals surface area contributed by atoms with Gasteiger partial charge < -0.3 is 10.2 Å². The van der Waals surface area contributed by atoms with Crippen LogP contribution in [0.1, 0.15) is 50.4 Å². The number of allylic oxidation sites excluding steroid dienone is 1. The topological polar surface area (TPSA) is 79.4 Å². The summed E-state index contributed by atoms with van der Waals surface area (Å²) in [7, 11) is 0. The maximum absolute atomic E-state index is 14.4. The highest BCUT2D eigenvalue weighted by Gasteiger charge is 2.71. The molecule has 1 aromatic heterocycles. The first kappa shape index (κ1) is 21.0. The van der Waals surface area contributed by atoms with Crippen molar-refractivity contribution in [2.45, 2.75) is 51.7 Å². The van der Waals surface area contributed by atoms with Crippen molar-refractivity contribution in [2.24, 2.45) is 5.41 Å². The molecule has 1 N–H and O–H groups in total. The Hall–Kier alpha value is -2.71. The lowest BCUT2D eigenvalue weighted by Crippen LogP contribution is -2.66. The van der Waals surface area contributed by atoms with Gasteiger partial charge in [0, 0.05) is 36.6 Å². The molecule has 0 saturated carbocycles. The van der Waals surface area contributed by atoms with Crippen LogP contribution in [0.3, 0.4) is 0 Å². The highest BCUT2D eigenvalue weighted by Crippen LogP contribution is 2.51. The van der Waals surface area contributed by atoms with Crippen LogP contribution in [0.5, 0.6) is 0 Å². The third kappa shape index (κ3) is 3.32. The molecule has 1 aliphatic carbocycles. The van der Waals surface area contributed by atoms with E-state index in [-0.39, 0.29) is 30.6 Å². The van der Waals surface area contributed by atoms with Gasteiger partial charge in [-0.3, -0.25) is 19.4 Å². The monoisotopic (exact) mass is 409 g/mol. The number of ketones is 1. The number of rotatable bonds is 4. The van der Waals surface area contributed by atoms with Crippen LogP contribution in [0, 0.1) is 5.41 Å². The Bertz CT molecular complexity index is 893. The van der Waals surface area contributed by atoms with Crippen LogP contribution in [-0.2, 0) is 9.59 Å². The normalized spacial score (nSPS) is 24.0. The smallest absolute Gasteiger partial charge is 0.326 e. The minimum atomic E-state index is -5.19. The molecule has 2 aliphatic rings. The molecule has 2 amide bonds. The molecule has 3 rings (SSSR count).